The van der Waals surface area contributed by atoms with Crippen LogP contribution < -0.4 is 5.56 Å². The van der Waals surface area contributed by atoms with Crippen molar-refractivity contribution in [3.05, 3.63) is 51.7 Å². The third kappa shape index (κ3) is 1.59. The summed E-state index contributed by atoms with van der Waals surface area (Å²) < 4.78 is 37.4. The number of hydrogen-bond donors (Lipinski definition) is 1. The lowest BCUT2D eigenvalue weighted by Crippen LogP contribution is -2.19. The lowest BCUT2D eigenvalue weighted by Gasteiger charge is -2.03. The molecule has 1 aromatic carbocycles. The number of hydrogen-bond acceptors (Lipinski definition) is 3. The number of rotatable bonds is 1. The summed E-state index contributed by atoms with van der Waals surface area (Å²) in [5.41, 5.74) is 0.145. The van der Waals surface area contributed by atoms with Crippen molar-refractivity contribution in [2.24, 2.45) is 0 Å². The second kappa shape index (κ2) is 3.55. The highest BCUT2D eigenvalue weighted by atomic mass is 32.2. The molecule has 1 aromatic heterocycles. The van der Waals surface area contributed by atoms with Gasteiger partial charge in [-0.1, -0.05) is 12.1 Å². The zero-order chi connectivity index (χ0) is 12.9. The van der Waals surface area contributed by atoms with Crippen molar-refractivity contribution in [1.29, 1.82) is 0 Å². The van der Waals surface area contributed by atoms with Gasteiger partial charge in [-0.3, -0.25) is 9.89 Å². The van der Waals surface area contributed by atoms with Crippen molar-refractivity contribution in [3.63, 3.8) is 0 Å². The number of sulfone groups is 1. The molecule has 0 fully saturated rings. The predicted octanol–water partition coefficient (Wildman–Crippen LogP) is 0.733. The van der Waals surface area contributed by atoms with Gasteiger partial charge in [0.15, 0.2) is 9.84 Å². The highest BCUT2D eigenvalue weighted by Crippen LogP contribution is 2.21. The Morgan fingerprint density at radius 2 is 1.94 bits per heavy atom. The minimum atomic E-state index is -3.23. The van der Waals surface area contributed by atoms with E-state index in [9.17, 15) is 17.6 Å². The molecule has 0 atom stereocenters. The summed E-state index contributed by atoms with van der Waals surface area (Å²) in [6.45, 7) is 0. The third-order valence-electron chi connectivity index (χ3n) is 2.89. The molecule has 0 saturated heterocycles. The van der Waals surface area contributed by atoms with Gasteiger partial charge in [0, 0.05) is 0 Å². The first-order valence-corrected chi connectivity index (χ1v) is 7.08. The highest BCUT2D eigenvalue weighted by Gasteiger charge is 2.31. The molecule has 0 aliphatic carbocycles. The van der Waals surface area contributed by atoms with Gasteiger partial charge in [0.1, 0.15) is 11.5 Å². The van der Waals surface area contributed by atoms with Gasteiger partial charge in [-0.05, 0) is 12.1 Å². The number of para-hydroxylation sites is 1. The topological polar surface area (TPSA) is 71.9 Å². The van der Waals surface area contributed by atoms with E-state index in [0.29, 0.717) is 5.69 Å². The van der Waals surface area contributed by atoms with Crippen molar-refractivity contribution in [3.8, 4) is 5.69 Å². The fourth-order valence-corrected chi connectivity index (χ4v) is 3.60. The van der Waals surface area contributed by atoms with E-state index < -0.39 is 21.2 Å². The van der Waals surface area contributed by atoms with Gasteiger partial charge in [-0.15, -0.1) is 0 Å². The molecule has 0 saturated carbocycles. The van der Waals surface area contributed by atoms with E-state index in [4.69, 9.17) is 0 Å². The number of aromatic amines is 1. The van der Waals surface area contributed by atoms with E-state index in [1.54, 1.807) is 6.07 Å². The fraction of sp³-hybridized carbons (Fsp3) is 0.182. The van der Waals surface area contributed by atoms with Crippen LogP contribution in [0.15, 0.2) is 29.1 Å². The number of halogens is 1. The molecule has 7 heteroatoms. The first kappa shape index (κ1) is 11.2. The summed E-state index contributed by atoms with van der Waals surface area (Å²) in [6, 6.07) is 5.82. The molecule has 94 valence electrons. The SMILES string of the molecule is O=c1c2c([nH]n1-c1ccccc1F)CS(=O)(=O)C2. The predicted molar refractivity (Wildman–Crippen MR) is 62.7 cm³/mol. The monoisotopic (exact) mass is 268 g/mol. The number of aromatic nitrogens is 2. The van der Waals surface area contributed by atoms with E-state index in [1.807, 2.05) is 0 Å². The number of H-pyrrole nitrogens is 1. The van der Waals surface area contributed by atoms with E-state index in [-0.39, 0.29) is 22.8 Å². The fourth-order valence-electron chi connectivity index (χ4n) is 2.08. The average molecular weight is 268 g/mol. The maximum absolute atomic E-state index is 13.6. The molecule has 3 rings (SSSR count). The van der Waals surface area contributed by atoms with Crippen LogP contribution in [0.4, 0.5) is 4.39 Å². The summed E-state index contributed by atoms with van der Waals surface area (Å²) in [7, 11) is -3.23. The minimum Gasteiger partial charge on any atom is -0.294 e. The summed E-state index contributed by atoms with van der Waals surface area (Å²) in [4.78, 5) is 12.0. The second-order valence-corrected chi connectivity index (χ2v) is 6.26. The van der Waals surface area contributed by atoms with Crippen LogP contribution in [0.2, 0.25) is 0 Å². The van der Waals surface area contributed by atoms with Crippen molar-refractivity contribution in [1.82, 2.24) is 9.78 Å². The van der Waals surface area contributed by atoms with Gasteiger partial charge in [0.2, 0.25) is 0 Å². The average Bonchev–Trinajstić information content (AvgIpc) is 2.74. The van der Waals surface area contributed by atoms with Crippen LogP contribution in [-0.2, 0) is 21.3 Å². The molecule has 1 aliphatic heterocycles. The number of nitrogens with one attached hydrogen (secondary N) is 1. The van der Waals surface area contributed by atoms with Crippen LogP contribution in [0.3, 0.4) is 0 Å². The largest absolute Gasteiger partial charge is 0.294 e. The summed E-state index contributed by atoms with van der Waals surface area (Å²) in [6.07, 6.45) is 0. The zero-order valence-corrected chi connectivity index (χ0v) is 10.00. The molecule has 18 heavy (non-hydrogen) atoms. The molecule has 0 spiro atoms. The van der Waals surface area contributed by atoms with Gasteiger partial charge in [-0.25, -0.2) is 17.5 Å². The number of nitrogens with zero attached hydrogens (tertiary/aromatic N) is 1. The van der Waals surface area contributed by atoms with E-state index in [0.717, 1.165) is 4.68 Å². The molecule has 1 aliphatic rings. The Labute approximate surface area is 102 Å². The molecular weight excluding hydrogens is 259 g/mol. The first-order chi connectivity index (χ1) is 8.48. The quantitative estimate of drug-likeness (QED) is 0.829. The molecule has 2 heterocycles. The van der Waals surface area contributed by atoms with Gasteiger partial charge >= 0.3 is 0 Å². The normalized spacial score (nSPS) is 16.7. The standard InChI is InChI=1S/C11H9FN2O3S/c12-8-3-1-2-4-10(8)14-11(15)7-5-18(16,17)6-9(7)13-14/h1-4,13H,5-6H2. The van der Waals surface area contributed by atoms with Crippen molar-refractivity contribution < 1.29 is 12.8 Å². The number of benzene rings is 1. The molecule has 0 unspecified atom stereocenters. The Bertz CT molecular complexity index is 789. The highest BCUT2D eigenvalue weighted by molar-refractivity contribution is 7.90. The minimum absolute atomic E-state index is 0.0919. The second-order valence-electron chi connectivity index (χ2n) is 4.19. The van der Waals surface area contributed by atoms with E-state index in [1.165, 1.54) is 18.2 Å². The van der Waals surface area contributed by atoms with E-state index >= 15 is 0 Å². The smallest absolute Gasteiger partial charge is 0.275 e. The summed E-state index contributed by atoms with van der Waals surface area (Å²) >= 11 is 0. The maximum Gasteiger partial charge on any atom is 0.275 e. The molecule has 5 nitrogen and oxygen atoms in total. The lowest BCUT2D eigenvalue weighted by atomic mass is 10.3. The van der Waals surface area contributed by atoms with Gasteiger partial charge in [-0.2, -0.15) is 0 Å². The van der Waals surface area contributed by atoms with Crippen molar-refractivity contribution >= 4 is 9.84 Å². The Kier molecular flexibility index (Phi) is 2.21. The van der Waals surface area contributed by atoms with Crippen LogP contribution in [0.25, 0.3) is 5.69 Å². The van der Waals surface area contributed by atoms with Crippen molar-refractivity contribution in [2.75, 3.05) is 0 Å². The third-order valence-corrected chi connectivity index (χ3v) is 4.35. The summed E-state index contributed by atoms with van der Waals surface area (Å²) in [5.74, 6) is -1.01. The van der Waals surface area contributed by atoms with Crippen LogP contribution >= 0.6 is 0 Å². The molecule has 0 bridgehead atoms. The first-order valence-electron chi connectivity index (χ1n) is 5.26. The van der Waals surface area contributed by atoms with Crippen LogP contribution in [-0.4, -0.2) is 18.2 Å². The maximum atomic E-state index is 13.6. The van der Waals surface area contributed by atoms with Crippen LogP contribution in [0.5, 0.6) is 0 Å². The van der Waals surface area contributed by atoms with E-state index in [2.05, 4.69) is 5.10 Å². The number of fused-ring (bicyclic) bond motifs is 1. The van der Waals surface area contributed by atoms with Crippen molar-refractivity contribution in [2.45, 2.75) is 11.5 Å². The van der Waals surface area contributed by atoms with Gasteiger partial charge < -0.3 is 0 Å². The van der Waals surface area contributed by atoms with Crippen LogP contribution in [0, 0.1) is 5.82 Å². The zero-order valence-electron chi connectivity index (χ0n) is 9.18. The van der Waals surface area contributed by atoms with Gasteiger partial charge in [0.25, 0.3) is 5.56 Å². The molecule has 1 N–H and O–H groups in total. The Hall–Kier alpha value is -1.89. The van der Waals surface area contributed by atoms with Gasteiger partial charge in [0.05, 0.1) is 22.8 Å². The van der Waals surface area contributed by atoms with Crippen LogP contribution in [0.1, 0.15) is 11.3 Å². The molecule has 0 radical (unpaired) electrons. The Morgan fingerprint density at radius 1 is 1.22 bits per heavy atom. The summed E-state index contributed by atoms with van der Waals surface area (Å²) in [5, 5.41) is 2.66. The Morgan fingerprint density at radius 3 is 2.61 bits per heavy atom. The lowest BCUT2D eigenvalue weighted by molar-refractivity contribution is 0.595. The molecular formula is C11H9FN2O3S. The molecule has 0 amide bonds. The Balaban J connectivity index is 2.20. The molecule has 2 aromatic rings.